The summed E-state index contributed by atoms with van der Waals surface area (Å²) in [5.41, 5.74) is 16.8. The van der Waals surface area contributed by atoms with Crippen molar-refractivity contribution in [1.82, 2.24) is 5.43 Å². The van der Waals surface area contributed by atoms with Crippen molar-refractivity contribution in [2.45, 2.75) is 0 Å². The van der Waals surface area contributed by atoms with E-state index in [4.69, 9.17) is 35.3 Å². The van der Waals surface area contributed by atoms with Crippen LogP contribution in [-0.4, -0.2) is 10.8 Å². The van der Waals surface area contributed by atoms with E-state index in [1.165, 1.54) is 0 Å². The number of halogens is 1. The molecule has 0 aliphatic carbocycles. The summed E-state index contributed by atoms with van der Waals surface area (Å²) in [6.07, 6.45) is 0. The molecule has 0 aromatic heterocycles. The van der Waals surface area contributed by atoms with E-state index in [0.29, 0.717) is 22.0 Å². The van der Waals surface area contributed by atoms with Crippen LogP contribution >= 0.6 is 23.8 Å². The van der Waals surface area contributed by atoms with Gasteiger partial charge < -0.3 is 11.5 Å². The second-order valence-corrected chi connectivity index (χ2v) is 4.91. The molecule has 0 amide bonds. The zero-order valence-corrected chi connectivity index (χ0v) is 12.1. The van der Waals surface area contributed by atoms with E-state index in [1.54, 1.807) is 18.2 Å². The minimum absolute atomic E-state index is 0.0824. The fourth-order valence-corrected chi connectivity index (χ4v) is 1.94. The average molecular weight is 305 g/mol. The van der Waals surface area contributed by atoms with Gasteiger partial charge in [-0.15, -0.1) is 0 Å². The Morgan fingerprint density at radius 3 is 2.50 bits per heavy atom. The quantitative estimate of drug-likeness (QED) is 0.352. The molecular weight excluding hydrogens is 292 g/mol. The van der Waals surface area contributed by atoms with Crippen molar-refractivity contribution in [3.8, 4) is 0 Å². The van der Waals surface area contributed by atoms with Crippen molar-refractivity contribution in [1.29, 1.82) is 0 Å². The number of nitrogens with zero attached hydrogens (tertiary/aromatic N) is 1. The Morgan fingerprint density at radius 1 is 1.15 bits per heavy atom. The number of anilines is 1. The molecule has 0 fully saturated rings. The van der Waals surface area contributed by atoms with Crippen LogP contribution in [0.1, 0.15) is 11.1 Å². The summed E-state index contributed by atoms with van der Waals surface area (Å²) in [6, 6.07) is 14.8. The number of nitrogens with two attached hydrogens (primary N) is 2. The highest BCUT2D eigenvalue weighted by molar-refractivity contribution is 7.80. The molecule has 0 heterocycles. The van der Waals surface area contributed by atoms with Crippen LogP contribution in [0.5, 0.6) is 0 Å². The Kier molecular flexibility index (Phi) is 4.55. The third-order valence-corrected chi connectivity index (χ3v) is 2.92. The third-order valence-electron chi connectivity index (χ3n) is 2.60. The zero-order valence-electron chi connectivity index (χ0n) is 10.5. The van der Waals surface area contributed by atoms with E-state index in [9.17, 15) is 0 Å². The van der Waals surface area contributed by atoms with Gasteiger partial charge in [0.25, 0.3) is 0 Å². The summed E-state index contributed by atoms with van der Waals surface area (Å²) in [5.74, 6) is 0. The molecule has 0 unspecified atom stereocenters. The maximum atomic E-state index is 6.03. The largest absolute Gasteiger partial charge is 0.398 e. The lowest BCUT2D eigenvalue weighted by atomic mass is 10.0. The minimum Gasteiger partial charge on any atom is -0.398 e. The molecule has 5 N–H and O–H groups in total. The summed E-state index contributed by atoms with van der Waals surface area (Å²) >= 11 is 10.8. The SMILES string of the molecule is NC(=S)N/N=C(/c1ccccc1)c1cc(Cl)ccc1N. The van der Waals surface area contributed by atoms with Crippen LogP contribution in [0.25, 0.3) is 0 Å². The molecule has 2 rings (SSSR count). The van der Waals surface area contributed by atoms with E-state index >= 15 is 0 Å². The minimum atomic E-state index is 0.0824. The van der Waals surface area contributed by atoms with Crippen LogP contribution in [0, 0.1) is 0 Å². The van der Waals surface area contributed by atoms with Crippen LogP contribution < -0.4 is 16.9 Å². The van der Waals surface area contributed by atoms with Gasteiger partial charge >= 0.3 is 0 Å². The first-order valence-corrected chi connectivity index (χ1v) is 6.60. The summed E-state index contributed by atoms with van der Waals surface area (Å²) in [6.45, 7) is 0. The molecule has 4 nitrogen and oxygen atoms in total. The van der Waals surface area contributed by atoms with Gasteiger partial charge in [-0.05, 0) is 30.4 Å². The normalized spacial score (nSPS) is 11.2. The van der Waals surface area contributed by atoms with Crippen molar-refractivity contribution in [3.63, 3.8) is 0 Å². The highest BCUT2D eigenvalue weighted by Gasteiger charge is 2.11. The Labute approximate surface area is 127 Å². The summed E-state index contributed by atoms with van der Waals surface area (Å²) in [7, 11) is 0. The smallest absolute Gasteiger partial charge is 0.184 e. The van der Waals surface area contributed by atoms with Crippen molar-refractivity contribution in [2.75, 3.05) is 5.73 Å². The molecule has 2 aromatic rings. The zero-order chi connectivity index (χ0) is 14.5. The highest BCUT2D eigenvalue weighted by atomic mass is 35.5. The monoisotopic (exact) mass is 304 g/mol. The lowest BCUT2D eigenvalue weighted by Gasteiger charge is -2.10. The number of hydrogen-bond acceptors (Lipinski definition) is 3. The fraction of sp³-hybridized carbons (Fsp3) is 0. The molecule has 6 heteroatoms. The number of benzene rings is 2. The molecular formula is C14H13ClN4S. The molecule has 0 radical (unpaired) electrons. The third kappa shape index (κ3) is 3.46. The van der Waals surface area contributed by atoms with Crippen molar-refractivity contribution >= 4 is 40.3 Å². The molecule has 0 aliphatic heterocycles. The molecule has 0 aliphatic rings. The van der Waals surface area contributed by atoms with Crippen LogP contribution in [0.2, 0.25) is 5.02 Å². The topological polar surface area (TPSA) is 76.4 Å². The number of nitrogen functional groups attached to an aromatic ring is 1. The van der Waals surface area contributed by atoms with Crippen LogP contribution in [0.3, 0.4) is 0 Å². The predicted octanol–water partition coefficient (Wildman–Crippen LogP) is 2.51. The Balaban J connectivity index is 2.55. The van der Waals surface area contributed by atoms with E-state index in [-0.39, 0.29) is 5.11 Å². The molecule has 2 aromatic carbocycles. The number of thiocarbonyl (C=S) groups is 1. The molecule has 102 valence electrons. The van der Waals surface area contributed by atoms with E-state index in [0.717, 1.165) is 5.56 Å². The van der Waals surface area contributed by atoms with Gasteiger partial charge in [0.05, 0.1) is 5.71 Å². The maximum absolute atomic E-state index is 6.03. The first-order valence-electron chi connectivity index (χ1n) is 5.82. The van der Waals surface area contributed by atoms with Gasteiger partial charge in [0.2, 0.25) is 0 Å². The predicted molar refractivity (Wildman–Crippen MR) is 87.9 cm³/mol. The van der Waals surface area contributed by atoms with Crippen molar-refractivity contribution in [2.24, 2.45) is 10.8 Å². The number of hydrazone groups is 1. The van der Waals surface area contributed by atoms with Crippen LogP contribution in [0.15, 0.2) is 53.6 Å². The molecule has 0 saturated carbocycles. The summed E-state index contributed by atoms with van der Waals surface area (Å²) in [4.78, 5) is 0. The number of nitrogens with one attached hydrogen (secondary N) is 1. The van der Waals surface area contributed by atoms with Crippen molar-refractivity contribution < 1.29 is 0 Å². The van der Waals surface area contributed by atoms with Crippen LogP contribution in [-0.2, 0) is 0 Å². The van der Waals surface area contributed by atoms with Gasteiger partial charge in [0, 0.05) is 21.8 Å². The maximum Gasteiger partial charge on any atom is 0.184 e. The van der Waals surface area contributed by atoms with E-state index < -0.39 is 0 Å². The lowest BCUT2D eigenvalue weighted by Crippen LogP contribution is -2.26. The van der Waals surface area contributed by atoms with E-state index in [2.05, 4.69) is 10.5 Å². The van der Waals surface area contributed by atoms with E-state index in [1.807, 2.05) is 30.3 Å². The number of hydrogen-bond donors (Lipinski definition) is 3. The average Bonchev–Trinajstić information content (AvgIpc) is 2.43. The molecule has 20 heavy (non-hydrogen) atoms. The molecule has 0 spiro atoms. The second-order valence-electron chi connectivity index (χ2n) is 4.03. The molecule has 0 saturated heterocycles. The van der Waals surface area contributed by atoms with Crippen LogP contribution in [0.4, 0.5) is 5.69 Å². The Hall–Kier alpha value is -2.11. The van der Waals surface area contributed by atoms with Crippen molar-refractivity contribution in [3.05, 3.63) is 64.7 Å². The number of rotatable bonds is 3. The highest BCUT2D eigenvalue weighted by Crippen LogP contribution is 2.21. The van der Waals surface area contributed by atoms with Gasteiger partial charge in [-0.25, -0.2) is 0 Å². The van der Waals surface area contributed by atoms with Gasteiger partial charge in [-0.2, -0.15) is 5.10 Å². The van der Waals surface area contributed by atoms with Gasteiger partial charge in [0.15, 0.2) is 5.11 Å². The lowest BCUT2D eigenvalue weighted by molar-refractivity contribution is 1.03. The summed E-state index contributed by atoms with van der Waals surface area (Å²) in [5, 5.41) is 4.89. The first-order chi connectivity index (χ1) is 9.58. The molecule has 0 bridgehead atoms. The standard InChI is InChI=1S/C14H13ClN4S/c15-10-6-7-12(16)11(8-10)13(18-19-14(17)20)9-4-2-1-3-5-9/h1-8H,16H2,(H3,17,19,20)/b18-13-. The van der Waals surface area contributed by atoms with Gasteiger partial charge in [0.1, 0.15) is 0 Å². The molecule has 0 atom stereocenters. The summed E-state index contributed by atoms with van der Waals surface area (Å²) < 4.78 is 0. The first kappa shape index (κ1) is 14.3. The Bertz CT molecular complexity index is 655. The van der Waals surface area contributed by atoms with Gasteiger partial charge in [-0.1, -0.05) is 41.9 Å². The van der Waals surface area contributed by atoms with Gasteiger partial charge in [-0.3, -0.25) is 5.43 Å². The Morgan fingerprint density at radius 2 is 1.85 bits per heavy atom. The second kappa shape index (κ2) is 6.36. The fourth-order valence-electron chi connectivity index (χ4n) is 1.72.